The smallest absolute Gasteiger partial charge is 0.348 e. The molecule has 31 heavy (non-hydrogen) atoms. The highest BCUT2D eigenvalue weighted by molar-refractivity contribution is 5.81. The quantitative estimate of drug-likeness (QED) is 0.372. The molecule has 1 fully saturated rings. The highest BCUT2D eigenvalue weighted by Gasteiger charge is 2.29. The monoisotopic (exact) mass is 416 g/mol. The first-order chi connectivity index (χ1) is 15.1. The fourth-order valence-electron chi connectivity index (χ4n) is 4.10. The van der Waals surface area contributed by atoms with Crippen molar-refractivity contribution in [3.63, 3.8) is 0 Å². The van der Waals surface area contributed by atoms with Crippen LogP contribution in [-0.4, -0.2) is 50.4 Å². The summed E-state index contributed by atoms with van der Waals surface area (Å²) in [6, 6.07) is 15.2. The van der Waals surface area contributed by atoms with Gasteiger partial charge in [-0.2, -0.15) is 0 Å². The number of nitro groups is 1. The molecule has 1 aliphatic heterocycles. The van der Waals surface area contributed by atoms with Crippen LogP contribution in [0.2, 0.25) is 0 Å². The van der Waals surface area contributed by atoms with E-state index in [-0.39, 0.29) is 5.82 Å². The van der Waals surface area contributed by atoms with Gasteiger partial charge in [0.25, 0.3) is 0 Å². The lowest BCUT2D eigenvalue weighted by molar-refractivity contribution is -0.385. The molecule has 0 N–H and O–H groups in total. The van der Waals surface area contributed by atoms with Gasteiger partial charge >= 0.3 is 11.2 Å². The van der Waals surface area contributed by atoms with Crippen molar-refractivity contribution in [2.75, 3.05) is 31.1 Å². The summed E-state index contributed by atoms with van der Waals surface area (Å²) in [4.78, 5) is 36.8. The number of nitrogens with zero attached hydrogens (tertiary/aromatic N) is 6. The number of aromatic nitrogens is 3. The van der Waals surface area contributed by atoms with Crippen LogP contribution in [0, 0.1) is 10.1 Å². The lowest BCUT2D eigenvalue weighted by atomic mass is 10.1. The van der Waals surface area contributed by atoms with Gasteiger partial charge in [-0.05, 0) is 23.8 Å². The number of rotatable bonds is 4. The average molecular weight is 416 g/mol. The Morgan fingerprint density at radius 3 is 2.61 bits per heavy atom. The molecule has 0 spiro atoms. The summed E-state index contributed by atoms with van der Waals surface area (Å²) < 4.78 is 1.21. The van der Waals surface area contributed by atoms with Crippen molar-refractivity contribution in [3.05, 3.63) is 87.0 Å². The van der Waals surface area contributed by atoms with Crippen molar-refractivity contribution in [2.24, 2.45) is 0 Å². The van der Waals surface area contributed by atoms with Gasteiger partial charge in [0.05, 0.1) is 10.4 Å². The van der Waals surface area contributed by atoms with E-state index in [9.17, 15) is 14.9 Å². The van der Waals surface area contributed by atoms with Crippen LogP contribution in [0.3, 0.4) is 0 Å². The number of anilines is 1. The third-order valence-electron chi connectivity index (χ3n) is 5.66. The molecule has 1 aromatic carbocycles. The number of hydrogen-bond acceptors (Lipinski definition) is 7. The Balaban J connectivity index is 1.39. The maximum absolute atomic E-state index is 12.7. The Morgan fingerprint density at radius 2 is 1.81 bits per heavy atom. The second kappa shape index (κ2) is 7.77. The van der Waals surface area contributed by atoms with Gasteiger partial charge < -0.3 is 4.90 Å². The molecule has 1 saturated heterocycles. The second-order valence-electron chi connectivity index (χ2n) is 7.53. The highest BCUT2D eigenvalue weighted by Crippen LogP contribution is 2.25. The topological polar surface area (TPSA) is 96.9 Å². The zero-order chi connectivity index (χ0) is 21.4. The van der Waals surface area contributed by atoms with Gasteiger partial charge in [0.15, 0.2) is 0 Å². The predicted octanol–water partition coefficient (Wildman–Crippen LogP) is 2.47. The first-order valence-corrected chi connectivity index (χ1v) is 10.1. The molecule has 4 heterocycles. The maximum Gasteiger partial charge on any atom is 0.376 e. The SMILES string of the molecule is O=c1c([N+](=O)[O-])c(N2CCN(Cc3cccc4cccnc34)CC2)nc2ccccn12. The molecule has 4 aromatic rings. The van der Waals surface area contributed by atoms with Crippen molar-refractivity contribution < 1.29 is 4.92 Å². The first-order valence-electron chi connectivity index (χ1n) is 10.1. The zero-order valence-electron chi connectivity index (χ0n) is 16.7. The third-order valence-corrected chi connectivity index (χ3v) is 5.66. The van der Waals surface area contributed by atoms with Gasteiger partial charge in [0.2, 0.25) is 5.82 Å². The van der Waals surface area contributed by atoms with Gasteiger partial charge in [0.1, 0.15) is 5.65 Å². The van der Waals surface area contributed by atoms with Crippen molar-refractivity contribution in [1.29, 1.82) is 0 Å². The number of hydrogen-bond donors (Lipinski definition) is 0. The summed E-state index contributed by atoms with van der Waals surface area (Å²) >= 11 is 0. The van der Waals surface area contributed by atoms with Crippen LogP contribution in [-0.2, 0) is 6.54 Å². The molecule has 0 amide bonds. The highest BCUT2D eigenvalue weighted by atomic mass is 16.6. The van der Waals surface area contributed by atoms with Crippen molar-refractivity contribution >= 4 is 28.1 Å². The summed E-state index contributed by atoms with van der Waals surface area (Å²) in [5, 5.41) is 12.8. The molecule has 0 atom stereocenters. The molecule has 0 unspecified atom stereocenters. The summed E-state index contributed by atoms with van der Waals surface area (Å²) in [5.41, 5.74) is 1.41. The summed E-state index contributed by atoms with van der Waals surface area (Å²) in [6.45, 7) is 3.26. The number of benzene rings is 1. The van der Waals surface area contributed by atoms with Gasteiger partial charge in [-0.25, -0.2) is 4.98 Å². The minimum Gasteiger partial charge on any atom is -0.348 e. The standard InChI is InChI=1S/C22H20N6O3/c29-22-20(28(30)31)21(24-18-8-1-2-10-27(18)22)26-13-11-25(12-14-26)15-17-6-3-5-16-7-4-9-23-19(16)17/h1-10H,11-15H2. The number of para-hydroxylation sites is 1. The van der Waals surface area contributed by atoms with Crippen molar-refractivity contribution in [3.8, 4) is 0 Å². The molecular formula is C22H20N6O3. The average Bonchev–Trinajstić information content (AvgIpc) is 2.79. The second-order valence-corrected chi connectivity index (χ2v) is 7.53. The van der Waals surface area contributed by atoms with Crippen LogP contribution in [0.25, 0.3) is 16.6 Å². The Hall–Kier alpha value is -3.85. The normalized spacial score (nSPS) is 14.9. The molecule has 3 aromatic heterocycles. The van der Waals surface area contributed by atoms with E-state index in [1.54, 1.807) is 24.4 Å². The van der Waals surface area contributed by atoms with Crippen molar-refractivity contribution in [2.45, 2.75) is 6.54 Å². The summed E-state index contributed by atoms with van der Waals surface area (Å²) in [7, 11) is 0. The Labute approximate surface area is 177 Å². The number of fused-ring (bicyclic) bond motifs is 2. The van der Waals surface area contributed by atoms with Crippen LogP contribution in [0.15, 0.2) is 65.7 Å². The van der Waals surface area contributed by atoms with E-state index in [2.05, 4.69) is 20.9 Å². The van der Waals surface area contributed by atoms with Gasteiger partial charge in [0, 0.05) is 50.5 Å². The molecule has 9 nitrogen and oxygen atoms in total. The number of piperazine rings is 1. The maximum atomic E-state index is 12.7. The first kappa shape index (κ1) is 19.1. The molecule has 5 rings (SSSR count). The summed E-state index contributed by atoms with van der Waals surface area (Å²) in [6.07, 6.45) is 3.30. The zero-order valence-corrected chi connectivity index (χ0v) is 16.7. The minimum absolute atomic E-state index is 0.146. The predicted molar refractivity (Wildman–Crippen MR) is 117 cm³/mol. The van der Waals surface area contributed by atoms with Crippen LogP contribution < -0.4 is 10.5 Å². The molecule has 0 saturated carbocycles. The largest absolute Gasteiger partial charge is 0.376 e. The molecule has 9 heteroatoms. The van der Waals surface area contributed by atoms with Gasteiger partial charge in [-0.15, -0.1) is 0 Å². The molecule has 1 aliphatic rings. The molecule has 0 radical (unpaired) electrons. The lowest BCUT2D eigenvalue weighted by Crippen LogP contribution is -2.47. The van der Waals surface area contributed by atoms with E-state index in [0.29, 0.717) is 31.8 Å². The van der Waals surface area contributed by atoms with E-state index in [4.69, 9.17) is 0 Å². The molecule has 0 bridgehead atoms. The van der Waals surface area contributed by atoms with Crippen LogP contribution in [0.1, 0.15) is 5.56 Å². The minimum atomic E-state index is -0.658. The Kier molecular flexibility index (Phi) is 4.79. The third kappa shape index (κ3) is 3.49. The van der Waals surface area contributed by atoms with E-state index in [1.165, 1.54) is 10.6 Å². The Morgan fingerprint density at radius 1 is 1.00 bits per heavy atom. The van der Waals surface area contributed by atoms with Crippen molar-refractivity contribution in [1.82, 2.24) is 19.3 Å². The lowest BCUT2D eigenvalue weighted by Gasteiger charge is -2.35. The van der Waals surface area contributed by atoms with E-state index in [1.807, 2.05) is 29.2 Å². The fraction of sp³-hybridized carbons (Fsp3) is 0.227. The molecular weight excluding hydrogens is 396 g/mol. The fourth-order valence-corrected chi connectivity index (χ4v) is 4.10. The summed E-state index contributed by atoms with van der Waals surface area (Å²) in [5.74, 6) is 0.146. The van der Waals surface area contributed by atoms with E-state index in [0.717, 1.165) is 23.0 Å². The Bertz CT molecular complexity index is 1340. The van der Waals surface area contributed by atoms with Gasteiger partial charge in [-0.3, -0.25) is 29.2 Å². The molecule has 0 aliphatic carbocycles. The van der Waals surface area contributed by atoms with Crippen LogP contribution in [0.4, 0.5) is 11.5 Å². The van der Waals surface area contributed by atoms with Crippen LogP contribution >= 0.6 is 0 Å². The molecule has 156 valence electrons. The van der Waals surface area contributed by atoms with Gasteiger partial charge in [-0.1, -0.05) is 30.3 Å². The van der Waals surface area contributed by atoms with E-state index < -0.39 is 16.2 Å². The van der Waals surface area contributed by atoms with Crippen LogP contribution in [0.5, 0.6) is 0 Å². The van der Waals surface area contributed by atoms with E-state index >= 15 is 0 Å². The number of pyridine rings is 2.